The van der Waals surface area contributed by atoms with Crippen molar-refractivity contribution in [3.8, 4) is 5.75 Å². The van der Waals surface area contributed by atoms with E-state index in [9.17, 15) is 4.39 Å². The van der Waals surface area contributed by atoms with Gasteiger partial charge >= 0.3 is 0 Å². The van der Waals surface area contributed by atoms with Gasteiger partial charge in [0.15, 0.2) is 0 Å². The molecule has 0 amide bonds. The third kappa shape index (κ3) is 5.14. The minimum atomic E-state index is -0.205. The molecule has 21 heavy (non-hydrogen) atoms. The fraction of sp³-hybridized carbons (Fsp3) is 0.294. The van der Waals surface area contributed by atoms with Gasteiger partial charge in [-0.25, -0.2) is 4.39 Å². The molecule has 0 aliphatic rings. The Hall–Kier alpha value is -1.39. The molecular formula is C17H19BrFNO. The minimum Gasteiger partial charge on any atom is -0.490 e. The molecule has 0 radical (unpaired) electrons. The largest absolute Gasteiger partial charge is 0.490 e. The maximum Gasteiger partial charge on any atom is 0.133 e. The van der Waals surface area contributed by atoms with Crippen LogP contribution in [0.5, 0.6) is 5.75 Å². The predicted octanol–water partition coefficient (Wildman–Crippen LogP) is 4.67. The van der Waals surface area contributed by atoms with Crippen LogP contribution in [0.2, 0.25) is 0 Å². The Morgan fingerprint density at radius 1 is 1.05 bits per heavy atom. The second-order valence-corrected chi connectivity index (χ2v) is 6.02. The summed E-state index contributed by atoms with van der Waals surface area (Å²) in [5.41, 5.74) is 2.23. The average molecular weight is 352 g/mol. The van der Waals surface area contributed by atoms with E-state index in [4.69, 9.17) is 4.74 Å². The summed E-state index contributed by atoms with van der Waals surface area (Å²) in [7, 11) is 0. The predicted molar refractivity (Wildman–Crippen MR) is 86.8 cm³/mol. The molecule has 2 nitrogen and oxygen atoms in total. The lowest BCUT2D eigenvalue weighted by atomic mass is 10.2. The highest BCUT2D eigenvalue weighted by atomic mass is 79.9. The van der Waals surface area contributed by atoms with Crippen molar-refractivity contribution in [1.82, 2.24) is 5.32 Å². The van der Waals surface area contributed by atoms with Crippen molar-refractivity contribution >= 4 is 15.9 Å². The highest BCUT2D eigenvalue weighted by Gasteiger charge is 2.04. The lowest BCUT2D eigenvalue weighted by Gasteiger charge is -2.13. The van der Waals surface area contributed by atoms with Crippen LogP contribution in [0.15, 0.2) is 46.9 Å². The van der Waals surface area contributed by atoms with Gasteiger partial charge in [0.2, 0.25) is 0 Å². The number of rotatable bonds is 6. The van der Waals surface area contributed by atoms with Crippen molar-refractivity contribution in [3.05, 3.63) is 63.9 Å². The number of ether oxygens (including phenoxy) is 1. The average Bonchev–Trinajstić information content (AvgIpc) is 2.43. The number of hydrogen-bond acceptors (Lipinski definition) is 2. The highest BCUT2D eigenvalue weighted by molar-refractivity contribution is 9.10. The Kier molecular flexibility index (Phi) is 5.76. The first-order valence-electron chi connectivity index (χ1n) is 6.95. The smallest absolute Gasteiger partial charge is 0.133 e. The molecule has 1 N–H and O–H groups in total. The van der Waals surface area contributed by atoms with E-state index < -0.39 is 0 Å². The first-order valence-corrected chi connectivity index (χ1v) is 7.74. The van der Waals surface area contributed by atoms with Crippen molar-refractivity contribution in [2.24, 2.45) is 0 Å². The van der Waals surface area contributed by atoms with Crippen LogP contribution in [0.4, 0.5) is 4.39 Å². The Balaban J connectivity index is 1.88. The molecule has 0 saturated heterocycles. The van der Waals surface area contributed by atoms with Gasteiger partial charge in [0.05, 0.1) is 10.6 Å². The Bertz CT molecular complexity index is 584. The molecule has 0 bridgehead atoms. The molecule has 0 aromatic heterocycles. The van der Waals surface area contributed by atoms with Crippen LogP contribution in [0.3, 0.4) is 0 Å². The van der Waals surface area contributed by atoms with Crippen LogP contribution in [0.1, 0.15) is 25.0 Å². The monoisotopic (exact) mass is 351 g/mol. The van der Waals surface area contributed by atoms with Crippen LogP contribution in [-0.4, -0.2) is 6.10 Å². The zero-order chi connectivity index (χ0) is 15.2. The standard InChI is InChI=1S/C17H19BrFNO/c1-12(2)21-17-8-5-14(9-16(17)18)11-20-10-13-3-6-15(19)7-4-13/h3-9,12,20H,10-11H2,1-2H3. The summed E-state index contributed by atoms with van der Waals surface area (Å²) in [6.45, 7) is 5.47. The topological polar surface area (TPSA) is 21.3 Å². The zero-order valence-electron chi connectivity index (χ0n) is 12.2. The Morgan fingerprint density at radius 2 is 1.67 bits per heavy atom. The molecule has 0 unspecified atom stereocenters. The number of halogens is 2. The van der Waals surface area contributed by atoms with E-state index in [-0.39, 0.29) is 11.9 Å². The van der Waals surface area contributed by atoms with E-state index in [0.717, 1.165) is 22.3 Å². The maximum atomic E-state index is 12.8. The number of hydrogen-bond donors (Lipinski definition) is 1. The molecule has 112 valence electrons. The number of nitrogens with one attached hydrogen (secondary N) is 1. The fourth-order valence-corrected chi connectivity index (χ4v) is 2.48. The van der Waals surface area contributed by atoms with Gasteiger partial charge in [0.25, 0.3) is 0 Å². The molecule has 0 heterocycles. The van der Waals surface area contributed by atoms with Crippen LogP contribution in [0.25, 0.3) is 0 Å². The summed E-state index contributed by atoms with van der Waals surface area (Å²) in [5.74, 6) is 0.649. The van der Waals surface area contributed by atoms with Crippen molar-refractivity contribution < 1.29 is 9.13 Å². The summed E-state index contributed by atoms with van der Waals surface area (Å²) >= 11 is 3.53. The molecule has 0 atom stereocenters. The van der Waals surface area contributed by atoms with Crippen LogP contribution in [-0.2, 0) is 13.1 Å². The van der Waals surface area contributed by atoms with Gasteiger partial charge in [-0.2, -0.15) is 0 Å². The first-order chi connectivity index (χ1) is 10.0. The van der Waals surface area contributed by atoms with Gasteiger partial charge in [0.1, 0.15) is 11.6 Å². The van der Waals surface area contributed by atoms with E-state index >= 15 is 0 Å². The molecule has 0 aliphatic heterocycles. The Labute approximate surface area is 133 Å². The number of benzene rings is 2. The molecule has 0 aliphatic carbocycles. The summed E-state index contributed by atoms with van der Waals surface area (Å²) in [4.78, 5) is 0. The van der Waals surface area contributed by atoms with E-state index in [2.05, 4.69) is 27.3 Å². The summed E-state index contributed by atoms with van der Waals surface area (Å²) in [6, 6.07) is 12.6. The fourth-order valence-electron chi connectivity index (χ4n) is 1.96. The molecular weight excluding hydrogens is 333 g/mol. The third-order valence-corrected chi connectivity index (χ3v) is 3.55. The van der Waals surface area contributed by atoms with Crippen molar-refractivity contribution in [1.29, 1.82) is 0 Å². The van der Waals surface area contributed by atoms with Gasteiger partial charge in [-0.1, -0.05) is 18.2 Å². The maximum absolute atomic E-state index is 12.8. The van der Waals surface area contributed by atoms with Crippen LogP contribution >= 0.6 is 15.9 Å². The second-order valence-electron chi connectivity index (χ2n) is 5.16. The zero-order valence-corrected chi connectivity index (χ0v) is 13.8. The SMILES string of the molecule is CC(C)Oc1ccc(CNCc2ccc(F)cc2)cc1Br. The lowest BCUT2D eigenvalue weighted by molar-refractivity contribution is 0.241. The quantitative estimate of drug-likeness (QED) is 0.816. The highest BCUT2D eigenvalue weighted by Crippen LogP contribution is 2.26. The third-order valence-electron chi connectivity index (χ3n) is 2.93. The Morgan fingerprint density at radius 3 is 2.29 bits per heavy atom. The molecule has 2 aromatic rings. The molecule has 0 fully saturated rings. The lowest BCUT2D eigenvalue weighted by Crippen LogP contribution is -2.13. The van der Waals surface area contributed by atoms with Crippen LogP contribution in [0, 0.1) is 5.82 Å². The van der Waals surface area contributed by atoms with Gasteiger partial charge < -0.3 is 10.1 Å². The van der Waals surface area contributed by atoms with Crippen molar-refractivity contribution in [2.45, 2.75) is 33.0 Å². The molecule has 2 rings (SSSR count). The second kappa shape index (κ2) is 7.57. The van der Waals surface area contributed by atoms with E-state index in [1.165, 1.54) is 17.7 Å². The van der Waals surface area contributed by atoms with Gasteiger partial charge in [-0.05, 0) is 65.2 Å². The van der Waals surface area contributed by atoms with E-state index in [1.54, 1.807) is 12.1 Å². The van der Waals surface area contributed by atoms with Gasteiger partial charge in [0, 0.05) is 13.1 Å². The molecule has 0 saturated carbocycles. The minimum absolute atomic E-state index is 0.156. The van der Waals surface area contributed by atoms with E-state index in [1.807, 2.05) is 26.0 Å². The van der Waals surface area contributed by atoms with E-state index in [0.29, 0.717) is 6.54 Å². The summed E-state index contributed by atoms with van der Waals surface area (Å²) in [5, 5.41) is 3.34. The first kappa shape index (κ1) is 16.0. The van der Waals surface area contributed by atoms with Gasteiger partial charge in [-0.3, -0.25) is 0 Å². The summed E-state index contributed by atoms with van der Waals surface area (Å²) < 4.78 is 19.4. The van der Waals surface area contributed by atoms with Crippen molar-refractivity contribution in [2.75, 3.05) is 0 Å². The van der Waals surface area contributed by atoms with Crippen molar-refractivity contribution in [3.63, 3.8) is 0 Å². The molecule has 2 aromatic carbocycles. The van der Waals surface area contributed by atoms with Crippen LogP contribution < -0.4 is 10.1 Å². The summed E-state index contributed by atoms with van der Waals surface area (Å²) in [6.07, 6.45) is 0.156. The molecule has 0 spiro atoms. The van der Waals surface area contributed by atoms with Gasteiger partial charge in [-0.15, -0.1) is 0 Å². The molecule has 4 heteroatoms. The normalized spacial score (nSPS) is 10.9.